The molecular formula is C19H38N4S2. The average molecular weight is 387 g/mol. The second-order valence-corrected chi connectivity index (χ2v) is 7.91. The normalized spacial score (nSPS) is 16.1. The zero-order valence-electron chi connectivity index (χ0n) is 16.2. The maximum atomic E-state index is 5.38. The third-order valence-corrected chi connectivity index (χ3v) is 5.35. The number of thiocarbonyl (C=S) groups is 2. The summed E-state index contributed by atoms with van der Waals surface area (Å²) >= 11 is 10.7. The molecule has 1 unspecified atom stereocenters. The molecular weight excluding hydrogens is 348 g/mol. The molecule has 4 N–H and O–H groups in total. The second kappa shape index (κ2) is 14.5. The van der Waals surface area contributed by atoms with Crippen LogP contribution >= 0.6 is 24.4 Å². The predicted octanol–water partition coefficient (Wildman–Crippen LogP) is 4.00. The lowest BCUT2D eigenvalue weighted by Crippen LogP contribution is -2.43. The predicted molar refractivity (Wildman–Crippen MR) is 117 cm³/mol. The molecule has 1 aliphatic rings. The van der Waals surface area contributed by atoms with Gasteiger partial charge in [-0.3, -0.25) is 0 Å². The smallest absolute Gasteiger partial charge is 0.166 e. The Kier molecular flexibility index (Phi) is 13.0. The van der Waals surface area contributed by atoms with Crippen molar-refractivity contribution in [2.75, 3.05) is 13.1 Å². The summed E-state index contributed by atoms with van der Waals surface area (Å²) in [4.78, 5) is 0. The van der Waals surface area contributed by atoms with Crippen molar-refractivity contribution in [2.24, 2.45) is 0 Å². The van der Waals surface area contributed by atoms with Gasteiger partial charge < -0.3 is 21.3 Å². The Balaban J connectivity index is 1.94. The van der Waals surface area contributed by atoms with E-state index in [4.69, 9.17) is 24.4 Å². The molecule has 1 saturated carbocycles. The fourth-order valence-corrected chi connectivity index (χ4v) is 3.81. The van der Waals surface area contributed by atoms with E-state index in [-0.39, 0.29) is 0 Å². The third kappa shape index (κ3) is 11.6. The lowest BCUT2D eigenvalue weighted by molar-refractivity contribution is 0.412. The highest BCUT2D eigenvalue weighted by Gasteiger charge is 2.13. The van der Waals surface area contributed by atoms with Crippen molar-refractivity contribution in [1.82, 2.24) is 21.3 Å². The summed E-state index contributed by atoms with van der Waals surface area (Å²) in [5.41, 5.74) is 0. The summed E-state index contributed by atoms with van der Waals surface area (Å²) in [5.74, 6) is 0. The molecule has 1 aliphatic carbocycles. The first-order valence-electron chi connectivity index (χ1n) is 10.2. The van der Waals surface area contributed by atoms with E-state index in [1.54, 1.807) is 0 Å². The van der Waals surface area contributed by atoms with Gasteiger partial charge in [0.25, 0.3) is 0 Å². The first kappa shape index (κ1) is 22.4. The lowest BCUT2D eigenvalue weighted by Gasteiger charge is -2.24. The van der Waals surface area contributed by atoms with Crippen molar-refractivity contribution in [2.45, 2.75) is 96.6 Å². The van der Waals surface area contributed by atoms with Crippen LogP contribution in [0, 0.1) is 0 Å². The largest absolute Gasteiger partial charge is 0.363 e. The zero-order valence-corrected chi connectivity index (χ0v) is 17.8. The molecule has 146 valence electrons. The summed E-state index contributed by atoms with van der Waals surface area (Å²) in [6.45, 7) is 6.32. The van der Waals surface area contributed by atoms with E-state index in [2.05, 4.69) is 35.1 Å². The van der Waals surface area contributed by atoms with Gasteiger partial charge in [0.2, 0.25) is 0 Å². The molecule has 1 fully saturated rings. The van der Waals surface area contributed by atoms with E-state index < -0.39 is 0 Å². The molecule has 0 aromatic carbocycles. The molecule has 6 heteroatoms. The summed E-state index contributed by atoms with van der Waals surface area (Å²) in [5, 5.41) is 15.2. The van der Waals surface area contributed by atoms with Crippen molar-refractivity contribution in [1.29, 1.82) is 0 Å². The fourth-order valence-electron chi connectivity index (χ4n) is 3.28. The molecule has 0 radical (unpaired) electrons. The van der Waals surface area contributed by atoms with Crippen molar-refractivity contribution >= 4 is 34.7 Å². The van der Waals surface area contributed by atoms with Crippen LogP contribution in [0.25, 0.3) is 0 Å². The standard InChI is InChI=1S/C19H38N4S2/c1-3-11-16(4-2)22-18(24)20-14-9-6-10-15-21-19(25)23-17-12-7-5-8-13-17/h16-17H,3-15H2,1-2H3,(H2,20,22,24)(H2,21,23,25). The van der Waals surface area contributed by atoms with E-state index in [1.165, 1.54) is 51.4 Å². The number of hydrogen-bond donors (Lipinski definition) is 4. The van der Waals surface area contributed by atoms with Gasteiger partial charge in [0.05, 0.1) is 0 Å². The highest BCUT2D eigenvalue weighted by molar-refractivity contribution is 7.80. The highest BCUT2D eigenvalue weighted by atomic mass is 32.1. The number of unbranched alkanes of at least 4 members (excludes halogenated alkanes) is 2. The maximum Gasteiger partial charge on any atom is 0.166 e. The lowest BCUT2D eigenvalue weighted by atomic mass is 9.96. The van der Waals surface area contributed by atoms with Gasteiger partial charge in [0.1, 0.15) is 0 Å². The molecule has 0 heterocycles. The van der Waals surface area contributed by atoms with Crippen molar-refractivity contribution in [3.05, 3.63) is 0 Å². The third-order valence-electron chi connectivity index (χ3n) is 4.83. The van der Waals surface area contributed by atoms with Gasteiger partial charge in [-0.05, 0) is 69.4 Å². The summed E-state index contributed by atoms with van der Waals surface area (Å²) in [6, 6.07) is 1.10. The first-order valence-corrected chi connectivity index (χ1v) is 11.1. The molecule has 1 atom stereocenters. The van der Waals surface area contributed by atoms with Crippen LogP contribution in [0.4, 0.5) is 0 Å². The van der Waals surface area contributed by atoms with Crippen LogP contribution in [0.2, 0.25) is 0 Å². The Morgan fingerprint density at radius 1 is 0.920 bits per heavy atom. The van der Waals surface area contributed by atoms with Gasteiger partial charge in [-0.2, -0.15) is 0 Å². The maximum absolute atomic E-state index is 5.38. The van der Waals surface area contributed by atoms with Crippen LogP contribution in [0.5, 0.6) is 0 Å². The summed E-state index contributed by atoms with van der Waals surface area (Å²) in [6.07, 6.45) is 13.5. The number of hydrogen-bond acceptors (Lipinski definition) is 2. The fraction of sp³-hybridized carbons (Fsp3) is 0.895. The number of rotatable bonds is 11. The van der Waals surface area contributed by atoms with E-state index >= 15 is 0 Å². The Morgan fingerprint density at radius 2 is 1.56 bits per heavy atom. The summed E-state index contributed by atoms with van der Waals surface area (Å²) in [7, 11) is 0. The van der Waals surface area contributed by atoms with E-state index in [0.717, 1.165) is 42.6 Å². The Hall–Kier alpha value is -0.620. The average Bonchev–Trinajstić information content (AvgIpc) is 2.61. The van der Waals surface area contributed by atoms with Gasteiger partial charge >= 0.3 is 0 Å². The molecule has 0 aliphatic heterocycles. The van der Waals surface area contributed by atoms with Crippen molar-refractivity contribution in [3.63, 3.8) is 0 Å². The monoisotopic (exact) mass is 386 g/mol. The Morgan fingerprint density at radius 3 is 2.16 bits per heavy atom. The first-order chi connectivity index (χ1) is 12.2. The molecule has 0 spiro atoms. The molecule has 0 saturated heterocycles. The van der Waals surface area contributed by atoms with E-state index in [0.29, 0.717) is 12.1 Å². The van der Waals surface area contributed by atoms with Gasteiger partial charge in [-0.1, -0.05) is 39.5 Å². The highest BCUT2D eigenvalue weighted by Crippen LogP contribution is 2.17. The number of nitrogens with one attached hydrogen (secondary N) is 4. The minimum Gasteiger partial charge on any atom is -0.363 e. The second-order valence-electron chi connectivity index (χ2n) is 7.09. The zero-order chi connectivity index (χ0) is 18.3. The molecule has 0 bridgehead atoms. The SMILES string of the molecule is CCCC(CC)NC(=S)NCCCCCNC(=S)NC1CCCCC1. The van der Waals surface area contributed by atoms with Gasteiger partial charge in [0.15, 0.2) is 10.2 Å². The summed E-state index contributed by atoms with van der Waals surface area (Å²) < 4.78 is 0. The van der Waals surface area contributed by atoms with Gasteiger partial charge in [-0.25, -0.2) is 0 Å². The quantitative estimate of drug-likeness (QED) is 0.318. The topological polar surface area (TPSA) is 48.1 Å². The molecule has 0 aromatic heterocycles. The van der Waals surface area contributed by atoms with Gasteiger partial charge in [-0.15, -0.1) is 0 Å². The Labute approximate surface area is 165 Å². The molecule has 0 amide bonds. The van der Waals surface area contributed by atoms with Crippen LogP contribution in [-0.4, -0.2) is 35.4 Å². The molecule has 25 heavy (non-hydrogen) atoms. The van der Waals surface area contributed by atoms with Crippen molar-refractivity contribution < 1.29 is 0 Å². The molecule has 1 rings (SSSR count). The van der Waals surface area contributed by atoms with Crippen LogP contribution in [-0.2, 0) is 0 Å². The van der Waals surface area contributed by atoms with Crippen LogP contribution in [0.3, 0.4) is 0 Å². The van der Waals surface area contributed by atoms with Crippen LogP contribution < -0.4 is 21.3 Å². The van der Waals surface area contributed by atoms with Crippen molar-refractivity contribution in [3.8, 4) is 0 Å². The van der Waals surface area contributed by atoms with Gasteiger partial charge in [0, 0.05) is 25.2 Å². The van der Waals surface area contributed by atoms with E-state index in [1.807, 2.05) is 0 Å². The minimum atomic E-state index is 0.506. The van der Waals surface area contributed by atoms with Crippen LogP contribution in [0.1, 0.15) is 84.5 Å². The van der Waals surface area contributed by atoms with E-state index in [9.17, 15) is 0 Å². The van der Waals surface area contributed by atoms with Crippen LogP contribution in [0.15, 0.2) is 0 Å². The Bertz CT molecular complexity index is 348. The minimum absolute atomic E-state index is 0.506. The molecule has 0 aromatic rings. The molecule has 4 nitrogen and oxygen atoms in total.